The summed E-state index contributed by atoms with van der Waals surface area (Å²) in [5, 5.41) is 2.91. The van der Waals surface area contributed by atoms with Crippen LogP contribution >= 0.6 is 11.8 Å². The molecule has 1 aliphatic heterocycles. The van der Waals surface area contributed by atoms with Crippen LogP contribution in [0.1, 0.15) is 48.3 Å². The van der Waals surface area contributed by atoms with E-state index in [0.717, 1.165) is 28.9 Å². The molecule has 4 rings (SSSR count). The second kappa shape index (κ2) is 10.0. The van der Waals surface area contributed by atoms with Crippen molar-refractivity contribution in [2.24, 2.45) is 0 Å². The summed E-state index contributed by atoms with van der Waals surface area (Å²) in [5.74, 6) is 0.930. The molecule has 32 heavy (non-hydrogen) atoms. The fourth-order valence-electron chi connectivity index (χ4n) is 3.98. The number of hydrogen-bond acceptors (Lipinski definition) is 3. The quantitative estimate of drug-likeness (QED) is 0.475. The fourth-order valence-corrected chi connectivity index (χ4v) is 5.15. The minimum Gasteiger partial charge on any atom is -0.326 e. The van der Waals surface area contributed by atoms with Crippen LogP contribution in [0.25, 0.3) is 0 Å². The van der Waals surface area contributed by atoms with E-state index in [1.165, 1.54) is 5.56 Å². The summed E-state index contributed by atoms with van der Waals surface area (Å²) in [6.07, 6.45) is 1.16. The van der Waals surface area contributed by atoms with Gasteiger partial charge in [-0.25, -0.2) is 0 Å². The number of thioether (sulfide) groups is 1. The maximum atomic E-state index is 12.8. The van der Waals surface area contributed by atoms with E-state index in [1.807, 2.05) is 77.7 Å². The number of carbonyl (C=O) groups is 2. The number of carbonyl (C=O) groups excluding carboxylic acids is 2. The predicted octanol–water partition coefficient (Wildman–Crippen LogP) is 6.16. The van der Waals surface area contributed by atoms with Gasteiger partial charge in [0.05, 0.1) is 5.75 Å². The Morgan fingerprint density at radius 1 is 1.00 bits per heavy atom. The number of nitrogens with zero attached hydrogens (tertiary/aromatic N) is 1. The topological polar surface area (TPSA) is 49.4 Å². The van der Waals surface area contributed by atoms with Crippen LogP contribution in [0, 0.1) is 0 Å². The zero-order valence-corrected chi connectivity index (χ0v) is 19.3. The van der Waals surface area contributed by atoms with Gasteiger partial charge >= 0.3 is 0 Å². The summed E-state index contributed by atoms with van der Waals surface area (Å²) in [6, 6.07) is 26.0. The normalized spacial score (nSPS) is 15.9. The van der Waals surface area contributed by atoms with Gasteiger partial charge in [-0.1, -0.05) is 74.5 Å². The molecule has 3 aromatic carbocycles. The highest BCUT2D eigenvalue weighted by molar-refractivity contribution is 8.00. The minimum absolute atomic E-state index is 0.000454. The van der Waals surface area contributed by atoms with Crippen molar-refractivity contribution in [2.75, 3.05) is 16.0 Å². The molecule has 1 atom stereocenters. The molecule has 1 heterocycles. The summed E-state index contributed by atoms with van der Waals surface area (Å²) in [4.78, 5) is 27.0. The SMILES string of the molecule is CC(C)c1ccccc1N1C(=O)CS[C@H]1c1ccc(NC(=O)CCc2ccccc2)cc1. The molecular weight excluding hydrogens is 416 g/mol. The average molecular weight is 445 g/mol. The van der Waals surface area contributed by atoms with Gasteiger partial charge in [0.15, 0.2) is 0 Å². The van der Waals surface area contributed by atoms with Crippen LogP contribution in [0.3, 0.4) is 0 Å². The van der Waals surface area contributed by atoms with Crippen LogP contribution in [0.5, 0.6) is 0 Å². The standard InChI is InChI=1S/C27H28N2O2S/c1-19(2)23-10-6-7-11-24(23)29-26(31)18-32-27(29)21-13-15-22(16-14-21)28-25(30)17-12-20-8-4-3-5-9-20/h3-11,13-16,19,27H,12,17-18H2,1-2H3,(H,28,30)/t27-/m0/s1. The number of aryl methyl sites for hydroxylation is 1. The molecule has 4 nitrogen and oxygen atoms in total. The smallest absolute Gasteiger partial charge is 0.238 e. The number of para-hydroxylation sites is 1. The third kappa shape index (κ3) is 5.05. The number of nitrogens with one attached hydrogen (secondary N) is 1. The Hall–Kier alpha value is -3.05. The zero-order valence-electron chi connectivity index (χ0n) is 18.5. The van der Waals surface area contributed by atoms with Gasteiger partial charge in [0, 0.05) is 17.8 Å². The van der Waals surface area contributed by atoms with Gasteiger partial charge in [-0.2, -0.15) is 0 Å². The van der Waals surface area contributed by atoms with Gasteiger partial charge in [-0.05, 0) is 47.2 Å². The third-order valence-corrected chi connectivity index (χ3v) is 6.86. The maximum absolute atomic E-state index is 12.8. The lowest BCUT2D eigenvalue weighted by Crippen LogP contribution is -2.29. The first kappa shape index (κ1) is 22.2. The van der Waals surface area contributed by atoms with E-state index < -0.39 is 0 Å². The third-order valence-electron chi connectivity index (χ3n) is 5.65. The lowest BCUT2D eigenvalue weighted by atomic mass is 10.00. The molecule has 5 heteroatoms. The van der Waals surface area contributed by atoms with E-state index in [9.17, 15) is 9.59 Å². The minimum atomic E-state index is -0.0646. The Labute approximate surface area is 194 Å². The van der Waals surface area contributed by atoms with Crippen LogP contribution in [0.2, 0.25) is 0 Å². The molecule has 2 amide bonds. The Balaban J connectivity index is 1.45. The van der Waals surface area contributed by atoms with E-state index >= 15 is 0 Å². The summed E-state index contributed by atoms with van der Waals surface area (Å²) in [6.45, 7) is 4.30. The van der Waals surface area contributed by atoms with Crippen LogP contribution in [-0.4, -0.2) is 17.6 Å². The molecule has 1 N–H and O–H groups in total. The van der Waals surface area contributed by atoms with Crippen molar-refractivity contribution in [3.8, 4) is 0 Å². The number of amides is 2. The van der Waals surface area contributed by atoms with Crippen molar-refractivity contribution in [3.63, 3.8) is 0 Å². The molecule has 0 bridgehead atoms. The van der Waals surface area contributed by atoms with Crippen molar-refractivity contribution in [3.05, 3.63) is 95.6 Å². The Bertz CT molecular complexity index is 1080. The van der Waals surface area contributed by atoms with E-state index in [-0.39, 0.29) is 17.2 Å². The number of hydrogen-bond donors (Lipinski definition) is 1. The molecule has 1 fully saturated rings. The number of rotatable bonds is 7. The van der Waals surface area contributed by atoms with E-state index in [0.29, 0.717) is 18.1 Å². The lowest BCUT2D eigenvalue weighted by Gasteiger charge is -2.27. The molecule has 0 saturated carbocycles. The second-order valence-electron chi connectivity index (χ2n) is 8.30. The first-order valence-electron chi connectivity index (χ1n) is 11.0. The van der Waals surface area contributed by atoms with Gasteiger partial charge in [-0.15, -0.1) is 11.8 Å². The van der Waals surface area contributed by atoms with Crippen molar-refractivity contribution < 1.29 is 9.59 Å². The largest absolute Gasteiger partial charge is 0.326 e. The first-order chi connectivity index (χ1) is 15.5. The molecule has 0 spiro atoms. The van der Waals surface area contributed by atoms with Gasteiger partial charge < -0.3 is 5.32 Å². The molecule has 164 valence electrons. The molecule has 3 aromatic rings. The number of anilines is 2. The van der Waals surface area contributed by atoms with Crippen molar-refractivity contribution >= 4 is 35.0 Å². The van der Waals surface area contributed by atoms with E-state index in [2.05, 4.69) is 25.2 Å². The summed E-state index contributed by atoms with van der Waals surface area (Å²) in [7, 11) is 0. The van der Waals surface area contributed by atoms with Gasteiger partial charge in [0.2, 0.25) is 11.8 Å². The maximum Gasteiger partial charge on any atom is 0.238 e. The highest BCUT2D eigenvalue weighted by Gasteiger charge is 2.35. The number of benzene rings is 3. The Kier molecular flexibility index (Phi) is 6.96. The van der Waals surface area contributed by atoms with Gasteiger partial charge in [0.1, 0.15) is 5.37 Å². The molecular formula is C27H28N2O2S. The highest BCUT2D eigenvalue weighted by atomic mass is 32.2. The van der Waals surface area contributed by atoms with Crippen molar-refractivity contribution in [2.45, 2.75) is 38.0 Å². The van der Waals surface area contributed by atoms with Gasteiger partial charge in [0.25, 0.3) is 0 Å². The molecule has 0 radical (unpaired) electrons. The summed E-state index contributed by atoms with van der Waals surface area (Å²) < 4.78 is 0. The Morgan fingerprint density at radius 3 is 2.41 bits per heavy atom. The molecule has 0 aromatic heterocycles. The molecule has 0 unspecified atom stereocenters. The van der Waals surface area contributed by atoms with Crippen molar-refractivity contribution in [1.29, 1.82) is 0 Å². The summed E-state index contributed by atoms with van der Waals surface area (Å²) in [5.41, 5.74) is 5.15. The molecule has 1 aliphatic rings. The summed E-state index contributed by atoms with van der Waals surface area (Å²) >= 11 is 1.64. The fraction of sp³-hybridized carbons (Fsp3) is 0.259. The van der Waals surface area contributed by atoms with E-state index in [1.54, 1.807) is 11.8 Å². The second-order valence-corrected chi connectivity index (χ2v) is 9.36. The monoisotopic (exact) mass is 444 g/mol. The first-order valence-corrected chi connectivity index (χ1v) is 12.0. The van der Waals surface area contributed by atoms with Crippen LogP contribution in [0.15, 0.2) is 78.9 Å². The van der Waals surface area contributed by atoms with Gasteiger partial charge in [-0.3, -0.25) is 14.5 Å². The average Bonchev–Trinajstić information content (AvgIpc) is 3.20. The lowest BCUT2D eigenvalue weighted by molar-refractivity contribution is -0.116. The van der Waals surface area contributed by atoms with Crippen LogP contribution < -0.4 is 10.2 Å². The predicted molar refractivity (Wildman–Crippen MR) is 133 cm³/mol. The zero-order chi connectivity index (χ0) is 22.5. The van der Waals surface area contributed by atoms with E-state index in [4.69, 9.17) is 0 Å². The van der Waals surface area contributed by atoms with Crippen molar-refractivity contribution in [1.82, 2.24) is 0 Å². The molecule has 0 aliphatic carbocycles. The Morgan fingerprint density at radius 2 is 1.69 bits per heavy atom. The highest BCUT2D eigenvalue weighted by Crippen LogP contribution is 2.44. The van der Waals surface area contributed by atoms with Crippen LogP contribution in [-0.2, 0) is 16.0 Å². The van der Waals surface area contributed by atoms with Crippen LogP contribution in [0.4, 0.5) is 11.4 Å². The molecule has 1 saturated heterocycles.